The van der Waals surface area contributed by atoms with Crippen LogP contribution in [-0.2, 0) is 0 Å². The Kier molecular flexibility index (Phi) is 8.30. The second-order valence-electron chi connectivity index (χ2n) is 8.34. The number of ketones is 1. The molecule has 0 unspecified atom stereocenters. The number of hydrogen-bond donors (Lipinski definition) is 0. The van der Waals surface area contributed by atoms with E-state index in [9.17, 15) is 9.59 Å². The number of benzene rings is 3. The fourth-order valence-corrected chi connectivity index (χ4v) is 3.93. The van der Waals surface area contributed by atoms with E-state index >= 15 is 0 Å². The van der Waals surface area contributed by atoms with Gasteiger partial charge in [0.05, 0.1) is 7.11 Å². The maximum absolute atomic E-state index is 12.7. The molecule has 3 aromatic rings. The molecule has 0 aliphatic carbocycles. The summed E-state index contributed by atoms with van der Waals surface area (Å²) in [6.45, 7) is 4.43. The van der Waals surface area contributed by atoms with Crippen LogP contribution in [0.1, 0.15) is 26.3 Å². The topological polar surface area (TPSA) is 59.1 Å². The third-order valence-corrected chi connectivity index (χ3v) is 6.04. The Morgan fingerprint density at radius 3 is 2.11 bits per heavy atom. The maximum atomic E-state index is 12.7. The molecule has 35 heavy (non-hydrogen) atoms. The Labute approximate surface area is 206 Å². The maximum Gasteiger partial charge on any atom is 0.253 e. The summed E-state index contributed by atoms with van der Waals surface area (Å²) in [6, 6.07) is 24.2. The van der Waals surface area contributed by atoms with Gasteiger partial charge >= 0.3 is 0 Å². The Bertz CT molecular complexity index is 1130. The highest BCUT2D eigenvalue weighted by Crippen LogP contribution is 2.16. The highest BCUT2D eigenvalue weighted by Gasteiger charge is 2.22. The first-order chi connectivity index (χ1) is 17.1. The van der Waals surface area contributed by atoms with Crippen molar-refractivity contribution in [3.05, 3.63) is 102 Å². The van der Waals surface area contributed by atoms with E-state index in [0.717, 1.165) is 36.7 Å². The minimum absolute atomic E-state index is 0.0169. The lowest BCUT2D eigenvalue weighted by molar-refractivity contribution is 0.0620. The quantitative estimate of drug-likeness (QED) is 0.342. The first kappa shape index (κ1) is 24.2. The Balaban J connectivity index is 1.17. The van der Waals surface area contributed by atoms with Crippen LogP contribution in [0.3, 0.4) is 0 Å². The van der Waals surface area contributed by atoms with Gasteiger partial charge in [-0.25, -0.2) is 0 Å². The number of allylic oxidation sites excluding steroid dienone is 1. The van der Waals surface area contributed by atoms with Crippen LogP contribution in [0, 0.1) is 0 Å². The molecule has 1 fully saturated rings. The Hall–Kier alpha value is -3.90. The average Bonchev–Trinajstić information content (AvgIpc) is 2.93. The van der Waals surface area contributed by atoms with E-state index in [-0.39, 0.29) is 11.7 Å². The molecule has 1 heterocycles. The van der Waals surface area contributed by atoms with Crippen molar-refractivity contribution < 1.29 is 19.1 Å². The largest absolute Gasteiger partial charge is 0.497 e. The molecule has 0 radical (unpaired) electrons. The van der Waals surface area contributed by atoms with E-state index in [2.05, 4.69) is 4.90 Å². The van der Waals surface area contributed by atoms with Gasteiger partial charge in [-0.2, -0.15) is 0 Å². The number of piperazine rings is 1. The lowest BCUT2D eigenvalue weighted by atomic mass is 10.1. The fraction of sp³-hybridized carbons (Fsp3) is 0.241. The van der Waals surface area contributed by atoms with Gasteiger partial charge in [0.25, 0.3) is 5.91 Å². The van der Waals surface area contributed by atoms with Crippen LogP contribution < -0.4 is 9.47 Å². The number of carbonyl (C=O) groups excluding carboxylic acids is 2. The molecule has 6 nitrogen and oxygen atoms in total. The number of nitrogens with zero attached hydrogens (tertiary/aromatic N) is 2. The zero-order valence-electron chi connectivity index (χ0n) is 19.9. The number of carbonyl (C=O) groups is 2. The van der Waals surface area contributed by atoms with Crippen molar-refractivity contribution in [2.45, 2.75) is 0 Å². The van der Waals surface area contributed by atoms with Crippen molar-refractivity contribution in [2.75, 3.05) is 46.4 Å². The third-order valence-electron chi connectivity index (χ3n) is 6.04. The van der Waals surface area contributed by atoms with Gasteiger partial charge in [-0.05, 0) is 48.0 Å². The van der Waals surface area contributed by atoms with Gasteiger partial charge in [0.2, 0.25) is 0 Å². The summed E-state index contributed by atoms with van der Waals surface area (Å²) in [6.07, 6.45) is 3.40. The number of methoxy groups -OCH3 is 1. The van der Waals surface area contributed by atoms with Gasteiger partial charge in [-0.15, -0.1) is 0 Å². The molecule has 4 rings (SSSR count). The summed E-state index contributed by atoms with van der Waals surface area (Å²) < 4.78 is 11.1. The molecule has 0 saturated carbocycles. The summed E-state index contributed by atoms with van der Waals surface area (Å²) >= 11 is 0. The summed E-state index contributed by atoms with van der Waals surface area (Å²) in [5.41, 5.74) is 2.30. The van der Waals surface area contributed by atoms with Crippen molar-refractivity contribution in [1.82, 2.24) is 9.80 Å². The van der Waals surface area contributed by atoms with E-state index < -0.39 is 0 Å². The number of rotatable bonds is 9. The zero-order chi connectivity index (χ0) is 24.5. The van der Waals surface area contributed by atoms with E-state index in [1.165, 1.54) is 0 Å². The molecule has 1 aliphatic heterocycles. The van der Waals surface area contributed by atoms with Crippen molar-refractivity contribution in [2.24, 2.45) is 0 Å². The molecule has 1 saturated heterocycles. The summed E-state index contributed by atoms with van der Waals surface area (Å²) in [5, 5.41) is 0. The van der Waals surface area contributed by atoms with Crippen LogP contribution in [0.15, 0.2) is 84.9 Å². The third kappa shape index (κ3) is 6.80. The summed E-state index contributed by atoms with van der Waals surface area (Å²) in [4.78, 5) is 29.1. The Morgan fingerprint density at radius 2 is 1.46 bits per heavy atom. The molecule has 1 amide bonds. The van der Waals surface area contributed by atoms with Crippen LogP contribution in [0.5, 0.6) is 11.5 Å². The molecule has 6 heteroatoms. The van der Waals surface area contributed by atoms with Gasteiger partial charge in [0, 0.05) is 43.9 Å². The van der Waals surface area contributed by atoms with Gasteiger partial charge in [0.15, 0.2) is 5.78 Å². The fourth-order valence-electron chi connectivity index (χ4n) is 3.93. The minimum Gasteiger partial charge on any atom is -0.497 e. The second-order valence-corrected chi connectivity index (χ2v) is 8.34. The van der Waals surface area contributed by atoms with Crippen LogP contribution in [0.25, 0.3) is 6.08 Å². The highest BCUT2D eigenvalue weighted by molar-refractivity contribution is 6.06. The first-order valence-electron chi connectivity index (χ1n) is 11.8. The average molecular weight is 471 g/mol. The first-order valence-corrected chi connectivity index (χ1v) is 11.8. The van der Waals surface area contributed by atoms with Gasteiger partial charge < -0.3 is 14.4 Å². The van der Waals surface area contributed by atoms with E-state index in [1.807, 2.05) is 89.8 Å². The normalized spacial score (nSPS) is 14.1. The predicted molar refractivity (Wildman–Crippen MR) is 137 cm³/mol. The van der Waals surface area contributed by atoms with E-state index in [4.69, 9.17) is 9.47 Å². The highest BCUT2D eigenvalue weighted by atomic mass is 16.5. The molecule has 1 aliphatic rings. The van der Waals surface area contributed by atoms with Crippen LogP contribution in [0.4, 0.5) is 0 Å². The summed E-state index contributed by atoms with van der Waals surface area (Å²) in [5.74, 6) is 1.58. The van der Waals surface area contributed by atoms with Crippen LogP contribution in [-0.4, -0.2) is 67.9 Å². The predicted octanol–water partition coefficient (Wildman–Crippen LogP) is 4.43. The van der Waals surface area contributed by atoms with Crippen molar-refractivity contribution >= 4 is 17.8 Å². The number of ether oxygens (including phenoxy) is 2. The number of hydrogen-bond acceptors (Lipinski definition) is 5. The summed E-state index contributed by atoms with van der Waals surface area (Å²) in [7, 11) is 1.61. The standard InChI is InChI=1S/C29H30N2O4/c1-34-26-14-10-25(11-15-26)29(33)31-19-17-30(18-20-31)21-22-35-27-12-7-23(8-13-27)9-16-28(32)24-5-3-2-4-6-24/h2-16H,17-22H2,1H3. The monoisotopic (exact) mass is 470 g/mol. The Morgan fingerprint density at radius 1 is 0.800 bits per heavy atom. The SMILES string of the molecule is COc1ccc(C(=O)N2CCN(CCOc3ccc(C=CC(=O)c4ccccc4)cc3)CC2)cc1. The smallest absolute Gasteiger partial charge is 0.253 e. The van der Waals surface area contributed by atoms with Crippen LogP contribution in [0.2, 0.25) is 0 Å². The van der Waals surface area contributed by atoms with E-state index in [1.54, 1.807) is 13.2 Å². The molecule has 0 N–H and O–H groups in total. The van der Waals surface area contributed by atoms with Gasteiger partial charge in [-0.3, -0.25) is 14.5 Å². The molecule has 0 atom stereocenters. The molecule has 0 bridgehead atoms. The molecular weight excluding hydrogens is 440 g/mol. The molecule has 0 aromatic heterocycles. The lowest BCUT2D eigenvalue weighted by Crippen LogP contribution is -2.49. The van der Waals surface area contributed by atoms with E-state index in [0.29, 0.717) is 30.8 Å². The van der Waals surface area contributed by atoms with Gasteiger partial charge in [0.1, 0.15) is 18.1 Å². The second kappa shape index (κ2) is 12.0. The lowest BCUT2D eigenvalue weighted by Gasteiger charge is -2.34. The van der Waals surface area contributed by atoms with Crippen molar-refractivity contribution in [3.8, 4) is 11.5 Å². The molecule has 0 spiro atoms. The van der Waals surface area contributed by atoms with Gasteiger partial charge in [-0.1, -0.05) is 48.5 Å². The van der Waals surface area contributed by atoms with Crippen LogP contribution >= 0.6 is 0 Å². The molecule has 180 valence electrons. The molecular formula is C29H30N2O4. The minimum atomic E-state index is -0.0169. The zero-order valence-corrected chi connectivity index (χ0v) is 19.9. The molecule has 3 aromatic carbocycles. The van der Waals surface area contributed by atoms with Crippen molar-refractivity contribution in [3.63, 3.8) is 0 Å². The van der Waals surface area contributed by atoms with Crippen molar-refractivity contribution in [1.29, 1.82) is 0 Å². The number of amides is 1.